The molecule has 0 aliphatic carbocycles. The number of carbonyl (C=O) groups is 1. The highest BCUT2D eigenvalue weighted by atomic mass is 16.5. The molecule has 1 N–H and O–H groups in total. The monoisotopic (exact) mass is 285 g/mol. The largest absolute Gasteiger partial charge is 0.379 e. The van der Waals surface area contributed by atoms with Crippen LogP contribution in [0.3, 0.4) is 0 Å². The third-order valence-corrected chi connectivity index (χ3v) is 3.65. The van der Waals surface area contributed by atoms with Gasteiger partial charge in [0.1, 0.15) is 5.69 Å². The Bertz CT molecular complexity index is 624. The molecule has 21 heavy (non-hydrogen) atoms. The van der Waals surface area contributed by atoms with Crippen LogP contribution >= 0.6 is 0 Å². The lowest BCUT2D eigenvalue weighted by atomic mass is 10.2. The Labute approximate surface area is 123 Å². The molecular formula is C16H19N3O2. The lowest BCUT2D eigenvalue weighted by Crippen LogP contribution is -2.41. The van der Waals surface area contributed by atoms with Crippen LogP contribution in [0.1, 0.15) is 10.5 Å². The van der Waals surface area contributed by atoms with Crippen LogP contribution in [-0.4, -0.2) is 55.2 Å². The lowest BCUT2D eigenvalue weighted by Gasteiger charge is -2.26. The molecule has 5 nitrogen and oxygen atoms in total. The van der Waals surface area contributed by atoms with Crippen LogP contribution in [0.5, 0.6) is 0 Å². The van der Waals surface area contributed by atoms with Gasteiger partial charge in [0.2, 0.25) is 0 Å². The summed E-state index contributed by atoms with van der Waals surface area (Å²) < 4.78 is 5.30. The van der Waals surface area contributed by atoms with Crippen LogP contribution in [0.15, 0.2) is 36.4 Å². The van der Waals surface area contributed by atoms with E-state index in [1.54, 1.807) is 6.07 Å². The fraction of sp³-hybridized carbons (Fsp3) is 0.375. The normalized spacial score (nSPS) is 16.0. The Morgan fingerprint density at radius 2 is 2.00 bits per heavy atom. The van der Waals surface area contributed by atoms with Crippen molar-refractivity contribution in [1.29, 1.82) is 0 Å². The highest BCUT2D eigenvalue weighted by molar-refractivity contribution is 5.94. The van der Waals surface area contributed by atoms with Gasteiger partial charge >= 0.3 is 0 Å². The maximum atomic E-state index is 12.1. The molecule has 1 saturated heterocycles. The molecular weight excluding hydrogens is 266 g/mol. The number of rotatable bonds is 4. The van der Waals surface area contributed by atoms with Gasteiger partial charge in [0.25, 0.3) is 5.91 Å². The van der Waals surface area contributed by atoms with Gasteiger partial charge in [-0.2, -0.15) is 0 Å². The molecule has 1 aromatic heterocycles. The quantitative estimate of drug-likeness (QED) is 0.920. The van der Waals surface area contributed by atoms with E-state index in [9.17, 15) is 4.79 Å². The number of fused-ring (bicyclic) bond motifs is 1. The third-order valence-electron chi connectivity index (χ3n) is 3.65. The summed E-state index contributed by atoms with van der Waals surface area (Å²) in [5.41, 5.74) is 1.31. The van der Waals surface area contributed by atoms with Gasteiger partial charge in [-0.3, -0.25) is 9.69 Å². The number of amides is 1. The van der Waals surface area contributed by atoms with Crippen molar-refractivity contribution in [3.05, 3.63) is 42.1 Å². The van der Waals surface area contributed by atoms with Crippen molar-refractivity contribution >= 4 is 16.8 Å². The van der Waals surface area contributed by atoms with Gasteiger partial charge < -0.3 is 10.1 Å². The molecule has 5 heteroatoms. The SMILES string of the molecule is O=C(NCCN1CCOCC1)c1ccc2ccccc2n1. The van der Waals surface area contributed by atoms with Crippen LogP contribution in [0.4, 0.5) is 0 Å². The smallest absolute Gasteiger partial charge is 0.269 e. The highest BCUT2D eigenvalue weighted by Gasteiger charge is 2.11. The molecule has 3 rings (SSSR count). The Hall–Kier alpha value is -1.98. The second-order valence-electron chi connectivity index (χ2n) is 5.10. The summed E-state index contributed by atoms with van der Waals surface area (Å²) in [6, 6.07) is 11.5. The number of para-hydroxylation sites is 1. The predicted molar refractivity (Wildman–Crippen MR) is 81.3 cm³/mol. The van der Waals surface area contributed by atoms with Gasteiger partial charge in [0.05, 0.1) is 18.7 Å². The van der Waals surface area contributed by atoms with Crippen molar-refractivity contribution in [2.45, 2.75) is 0 Å². The zero-order chi connectivity index (χ0) is 14.5. The van der Waals surface area contributed by atoms with Gasteiger partial charge in [-0.15, -0.1) is 0 Å². The van der Waals surface area contributed by atoms with Gasteiger partial charge in [-0.25, -0.2) is 4.98 Å². The van der Waals surface area contributed by atoms with E-state index in [1.807, 2.05) is 30.3 Å². The maximum Gasteiger partial charge on any atom is 0.269 e. The zero-order valence-electron chi connectivity index (χ0n) is 11.9. The van der Waals surface area contributed by atoms with Gasteiger partial charge in [0.15, 0.2) is 0 Å². The standard InChI is InChI=1S/C16H19N3O2/c20-16(17-7-8-19-9-11-21-12-10-19)15-6-5-13-3-1-2-4-14(13)18-15/h1-6H,7-12H2,(H,17,20). The average Bonchev–Trinajstić information content (AvgIpc) is 2.55. The molecule has 0 bridgehead atoms. The first-order valence-corrected chi connectivity index (χ1v) is 7.27. The Morgan fingerprint density at radius 3 is 2.86 bits per heavy atom. The number of aromatic nitrogens is 1. The first-order chi connectivity index (χ1) is 10.3. The second kappa shape index (κ2) is 6.65. The number of benzene rings is 1. The minimum absolute atomic E-state index is 0.117. The predicted octanol–water partition coefficient (Wildman–Crippen LogP) is 1.30. The molecule has 0 radical (unpaired) electrons. The van der Waals surface area contributed by atoms with Crippen LogP contribution < -0.4 is 5.32 Å². The van der Waals surface area contributed by atoms with Crippen LogP contribution in [-0.2, 0) is 4.74 Å². The second-order valence-corrected chi connectivity index (χ2v) is 5.10. The number of morpholine rings is 1. The molecule has 0 unspecified atom stereocenters. The topological polar surface area (TPSA) is 54.5 Å². The van der Waals surface area contributed by atoms with Crippen molar-refractivity contribution < 1.29 is 9.53 Å². The number of pyridine rings is 1. The third kappa shape index (κ3) is 3.56. The van der Waals surface area contributed by atoms with Gasteiger partial charge in [0, 0.05) is 31.6 Å². The van der Waals surface area contributed by atoms with Crippen molar-refractivity contribution in [1.82, 2.24) is 15.2 Å². The molecule has 1 amide bonds. The summed E-state index contributed by atoms with van der Waals surface area (Å²) in [5, 5.41) is 3.97. The fourth-order valence-electron chi connectivity index (χ4n) is 2.44. The van der Waals surface area contributed by atoms with Crippen molar-refractivity contribution in [2.24, 2.45) is 0 Å². The number of carbonyl (C=O) groups excluding carboxylic acids is 1. The van der Waals surface area contributed by atoms with E-state index in [1.165, 1.54) is 0 Å². The summed E-state index contributed by atoms with van der Waals surface area (Å²) in [7, 11) is 0. The van der Waals surface area contributed by atoms with Crippen LogP contribution in [0.2, 0.25) is 0 Å². The number of nitrogens with one attached hydrogen (secondary N) is 1. The number of hydrogen-bond acceptors (Lipinski definition) is 4. The summed E-state index contributed by atoms with van der Waals surface area (Å²) in [6.07, 6.45) is 0. The maximum absolute atomic E-state index is 12.1. The average molecular weight is 285 g/mol. The number of ether oxygens (including phenoxy) is 1. The molecule has 110 valence electrons. The number of nitrogens with zero attached hydrogens (tertiary/aromatic N) is 2. The van der Waals surface area contributed by atoms with Crippen molar-refractivity contribution in [2.75, 3.05) is 39.4 Å². The molecule has 1 fully saturated rings. The summed E-state index contributed by atoms with van der Waals surface area (Å²) in [5.74, 6) is -0.117. The van der Waals surface area contributed by atoms with E-state index < -0.39 is 0 Å². The van der Waals surface area contributed by atoms with Crippen LogP contribution in [0, 0.1) is 0 Å². The highest BCUT2D eigenvalue weighted by Crippen LogP contribution is 2.11. The summed E-state index contributed by atoms with van der Waals surface area (Å²) in [6.45, 7) is 4.91. The molecule has 2 heterocycles. The Balaban J connectivity index is 1.56. The van der Waals surface area contributed by atoms with E-state index in [2.05, 4.69) is 15.2 Å². The fourth-order valence-corrected chi connectivity index (χ4v) is 2.44. The van der Waals surface area contributed by atoms with Gasteiger partial charge in [-0.1, -0.05) is 24.3 Å². The molecule has 2 aromatic rings. The van der Waals surface area contributed by atoms with Crippen LogP contribution in [0.25, 0.3) is 10.9 Å². The van der Waals surface area contributed by atoms with Crippen molar-refractivity contribution in [3.63, 3.8) is 0 Å². The van der Waals surface area contributed by atoms with E-state index in [0.29, 0.717) is 12.2 Å². The first-order valence-electron chi connectivity index (χ1n) is 7.27. The molecule has 0 atom stereocenters. The molecule has 0 saturated carbocycles. The van der Waals surface area contributed by atoms with E-state index in [-0.39, 0.29) is 5.91 Å². The molecule has 1 aromatic carbocycles. The van der Waals surface area contributed by atoms with E-state index in [4.69, 9.17) is 4.74 Å². The zero-order valence-corrected chi connectivity index (χ0v) is 11.9. The molecule has 0 spiro atoms. The summed E-state index contributed by atoms with van der Waals surface area (Å²) >= 11 is 0. The Morgan fingerprint density at radius 1 is 1.19 bits per heavy atom. The molecule has 1 aliphatic heterocycles. The molecule has 1 aliphatic rings. The first kappa shape index (κ1) is 14.0. The van der Waals surface area contributed by atoms with Gasteiger partial charge in [-0.05, 0) is 12.1 Å². The summed E-state index contributed by atoms with van der Waals surface area (Å²) in [4.78, 5) is 18.8. The lowest BCUT2D eigenvalue weighted by molar-refractivity contribution is 0.0383. The minimum Gasteiger partial charge on any atom is -0.379 e. The minimum atomic E-state index is -0.117. The van der Waals surface area contributed by atoms with E-state index in [0.717, 1.165) is 43.8 Å². The van der Waals surface area contributed by atoms with E-state index >= 15 is 0 Å². The Kier molecular flexibility index (Phi) is 4.43. The van der Waals surface area contributed by atoms with Crippen molar-refractivity contribution in [3.8, 4) is 0 Å². The number of hydrogen-bond donors (Lipinski definition) is 1.